The van der Waals surface area contributed by atoms with Crippen LogP contribution in [0.4, 0.5) is 5.69 Å². The van der Waals surface area contributed by atoms with E-state index in [1.165, 1.54) is 6.07 Å². The van der Waals surface area contributed by atoms with Crippen LogP contribution < -0.4 is 10.6 Å². The Morgan fingerprint density at radius 1 is 0.591 bits per heavy atom. The molecule has 2 N–H and O–H groups in total. The van der Waals surface area contributed by atoms with Gasteiger partial charge in [0.25, 0.3) is 11.8 Å². The van der Waals surface area contributed by atoms with E-state index < -0.39 is 41.2 Å². The van der Waals surface area contributed by atoms with Crippen molar-refractivity contribution in [3.8, 4) is 0 Å². The SMILES string of the molecule is CC(C)(C)OC(=O)COCCOCCOCCOCCOCCOCCOCCOCCOCCOCCOCCCCCC(=O)Nc1cccc2c1C(=O)N(C1CCC(=O)NC1=O)C2=O. The molecule has 5 amide bonds. The van der Waals surface area contributed by atoms with Gasteiger partial charge in [-0.2, -0.15) is 0 Å². The number of nitrogens with zero attached hydrogens (tertiary/aromatic N) is 1. The summed E-state index contributed by atoms with van der Waals surface area (Å²) in [6.07, 6.45) is 2.42. The second-order valence-electron chi connectivity index (χ2n) is 15.8. The number of rotatable bonds is 40. The number of carbonyl (C=O) groups is 6. The molecule has 21 heteroatoms. The van der Waals surface area contributed by atoms with Crippen molar-refractivity contribution in [1.82, 2.24) is 10.2 Å². The predicted octanol–water partition coefficient (Wildman–Crippen LogP) is 2.11. The van der Waals surface area contributed by atoms with Gasteiger partial charge in [-0.1, -0.05) is 12.5 Å². The van der Waals surface area contributed by atoms with Crippen molar-refractivity contribution in [1.29, 1.82) is 0 Å². The molecule has 0 aromatic heterocycles. The zero-order valence-electron chi connectivity index (χ0n) is 38.9. The molecule has 1 saturated heterocycles. The second-order valence-corrected chi connectivity index (χ2v) is 15.8. The number of fused-ring (bicyclic) bond motifs is 1. The zero-order valence-corrected chi connectivity index (χ0v) is 38.9. The molecule has 66 heavy (non-hydrogen) atoms. The number of esters is 1. The van der Waals surface area contributed by atoms with E-state index in [2.05, 4.69) is 10.6 Å². The summed E-state index contributed by atoms with van der Waals surface area (Å²) < 4.78 is 65.3. The Morgan fingerprint density at radius 2 is 1.03 bits per heavy atom. The highest BCUT2D eigenvalue weighted by Gasteiger charge is 2.45. The molecule has 21 nitrogen and oxygen atoms in total. The summed E-state index contributed by atoms with van der Waals surface area (Å²) in [7, 11) is 0. The van der Waals surface area contributed by atoms with E-state index in [0.717, 1.165) is 17.7 Å². The number of hydrogen-bond acceptors (Lipinski definition) is 18. The van der Waals surface area contributed by atoms with E-state index in [9.17, 15) is 28.8 Å². The number of hydrogen-bond donors (Lipinski definition) is 2. The van der Waals surface area contributed by atoms with Crippen LogP contribution in [0.5, 0.6) is 0 Å². The van der Waals surface area contributed by atoms with Gasteiger partial charge in [0.2, 0.25) is 17.7 Å². The molecule has 3 rings (SSSR count). The molecule has 0 spiro atoms. The van der Waals surface area contributed by atoms with Gasteiger partial charge in [-0.15, -0.1) is 0 Å². The minimum absolute atomic E-state index is 0.0242. The van der Waals surface area contributed by atoms with Crippen molar-refractivity contribution < 1.29 is 85.6 Å². The van der Waals surface area contributed by atoms with Crippen molar-refractivity contribution in [2.75, 3.05) is 151 Å². The normalized spacial score (nSPS) is 15.1. The lowest BCUT2D eigenvalue weighted by molar-refractivity contribution is -0.160. The molecule has 2 aliphatic rings. The maximum atomic E-state index is 13.2. The van der Waals surface area contributed by atoms with Crippen molar-refractivity contribution >= 4 is 41.2 Å². The first-order valence-electron chi connectivity index (χ1n) is 22.7. The first kappa shape index (κ1) is 56.3. The largest absolute Gasteiger partial charge is 0.458 e. The monoisotopic (exact) mass is 941 g/mol. The fraction of sp³-hybridized carbons (Fsp3) is 0.733. The lowest BCUT2D eigenvalue weighted by atomic mass is 10.0. The Kier molecular flexibility index (Phi) is 29.3. The van der Waals surface area contributed by atoms with E-state index >= 15 is 0 Å². The molecule has 2 aliphatic heterocycles. The molecular weight excluding hydrogens is 870 g/mol. The Bertz CT molecular complexity index is 1590. The van der Waals surface area contributed by atoms with Crippen LogP contribution in [0.2, 0.25) is 0 Å². The summed E-state index contributed by atoms with van der Waals surface area (Å²) in [5.74, 6) is -3.13. The zero-order chi connectivity index (χ0) is 47.7. The molecule has 1 atom stereocenters. The number of ether oxygens (including phenoxy) is 12. The van der Waals surface area contributed by atoms with E-state index in [-0.39, 0.29) is 48.6 Å². The maximum Gasteiger partial charge on any atom is 0.332 e. The van der Waals surface area contributed by atoms with E-state index in [1.54, 1.807) is 32.9 Å². The number of carbonyl (C=O) groups excluding carboxylic acids is 6. The Balaban J connectivity index is 0.975. The minimum atomic E-state index is -1.08. The van der Waals surface area contributed by atoms with Crippen LogP contribution in [0.3, 0.4) is 0 Å². The van der Waals surface area contributed by atoms with E-state index in [1.807, 2.05) is 0 Å². The van der Waals surface area contributed by atoms with Crippen LogP contribution in [0, 0.1) is 0 Å². The molecule has 1 unspecified atom stereocenters. The molecule has 2 heterocycles. The van der Waals surface area contributed by atoms with Gasteiger partial charge in [0.1, 0.15) is 18.2 Å². The van der Waals surface area contributed by atoms with E-state index in [4.69, 9.17) is 56.8 Å². The van der Waals surface area contributed by atoms with Crippen molar-refractivity contribution in [3.05, 3.63) is 29.3 Å². The van der Waals surface area contributed by atoms with Crippen LogP contribution in [0.1, 0.15) is 80.0 Å². The van der Waals surface area contributed by atoms with Crippen LogP contribution in [0.25, 0.3) is 0 Å². The number of amides is 5. The molecule has 0 radical (unpaired) electrons. The number of anilines is 1. The predicted molar refractivity (Wildman–Crippen MR) is 235 cm³/mol. The van der Waals surface area contributed by atoms with Gasteiger partial charge in [-0.3, -0.25) is 34.2 Å². The molecule has 374 valence electrons. The highest BCUT2D eigenvalue weighted by molar-refractivity contribution is 6.26. The van der Waals surface area contributed by atoms with Crippen LogP contribution in [-0.4, -0.2) is 197 Å². The topological polar surface area (TPSA) is 240 Å². The van der Waals surface area contributed by atoms with Crippen molar-refractivity contribution in [2.45, 2.75) is 70.9 Å². The third-order valence-corrected chi connectivity index (χ3v) is 9.29. The fourth-order valence-electron chi connectivity index (χ4n) is 6.22. The summed E-state index contributed by atoms with van der Waals surface area (Å²) in [6, 6.07) is 3.52. The molecule has 0 bridgehead atoms. The Morgan fingerprint density at radius 3 is 1.47 bits per heavy atom. The lowest BCUT2D eigenvalue weighted by Crippen LogP contribution is -2.54. The first-order valence-corrected chi connectivity index (χ1v) is 22.7. The number of piperidine rings is 1. The Labute approximate surface area is 387 Å². The van der Waals surface area contributed by atoms with Gasteiger partial charge >= 0.3 is 5.97 Å². The average Bonchev–Trinajstić information content (AvgIpc) is 3.52. The third kappa shape index (κ3) is 24.7. The van der Waals surface area contributed by atoms with Gasteiger partial charge in [0.15, 0.2) is 0 Å². The second kappa shape index (κ2) is 34.3. The number of unbranched alkanes of at least 4 members (excludes halogenated alkanes) is 2. The van der Waals surface area contributed by atoms with Crippen LogP contribution in [0.15, 0.2) is 18.2 Å². The average molecular weight is 942 g/mol. The van der Waals surface area contributed by atoms with Gasteiger partial charge in [0.05, 0.1) is 149 Å². The molecule has 1 aromatic rings. The van der Waals surface area contributed by atoms with E-state index in [0.29, 0.717) is 145 Å². The Hall–Kier alpha value is -4.00. The lowest BCUT2D eigenvalue weighted by Gasteiger charge is -2.27. The number of nitrogens with one attached hydrogen (secondary N) is 2. The van der Waals surface area contributed by atoms with Gasteiger partial charge in [-0.05, 0) is 52.2 Å². The summed E-state index contributed by atoms with van der Waals surface area (Å²) in [5, 5.41) is 4.90. The summed E-state index contributed by atoms with van der Waals surface area (Å²) in [5.41, 5.74) is -0.157. The quantitative estimate of drug-likeness (QED) is 0.0544. The number of benzene rings is 1. The molecule has 0 aliphatic carbocycles. The fourth-order valence-corrected chi connectivity index (χ4v) is 6.22. The summed E-state index contributed by atoms with van der Waals surface area (Å²) in [4.78, 5) is 75.1. The van der Waals surface area contributed by atoms with Crippen LogP contribution >= 0.6 is 0 Å². The molecule has 0 saturated carbocycles. The highest BCUT2D eigenvalue weighted by Crippen LogP contribution is 2.32. The third-order valence-electron chi connectivity index (χ3n) is 9.29. The molecule has 1 aromatic carbocycles. The van der Waals surface area contributed by atoms with Gasteiger partial charge in [0, 0.05) is 19.4 Å². The smallest absolute Gasteiger partial charge is 0.332 e. The first-order chi connectivity index (χ1) is 32.0. The summed E-state index contributed by atoms with van der Waals surface area (Å²) in [6.45, 7) is 14.6. The maximum absolute atomic E-state index is 13.2. The van der Waals surface area contributed by atoms with Crippen LogP contribution in [-0.2, 0) is 76.0 Å². The highest BCUT2D eigenvalue weighted by atomic mass is 16.6. The summed E-state index contributed by atoms with van der Waals surface area (Å²) >= 11 is 0. The van der Waals surface area contributed by atoms with Crippen molar-refractivity contribution in [2.24, 2.45) is 0 Å². The molecular formula is C45H71N3O18. The number of imide groups is 2. The van der Waals surface area contributed by atoms with Crippen molar-refractivity contribution in [3.63, 3.8) is 0 Å². The van der Waals surface area contributed by atoms with Gasteiger partial charge in [-0.25, -0.2) is 4.79 Å². The van der Waals surface area contributed by atoms with Gasteiger partial charge < -0.3 is 62.2 Å². The minimum Gasteiger partial charge on any atom is -0.458 e. The molecule has 1 fully saturated rings. The standard InChI is InChI=1S/C45H71N3O18/c1-45(2,3)66-40(51)34-65-33-32-64-31-30-63-29-28-62-27-26-61-25-24-60-23-22-59-21-20-58-19-18-57-17-16-56-15-14-55-13-6-4-5-10-38(49)46-36-9-7-8-35-41(36)44(54)48(43(35)53)37-11-12-39(50)47-42(37)52/h7-9,37H,4-6,10-34H2,1-3H3,(H,46,49)(H,47,50,52).